The van der Waals surface area contributed by atoms with E-state index in [1.54, 1.807) is 31.2 Å². The number of nitrogens with zero attached hydrogens (tertiary/aromatic N) is 2. The van der Waals surface area contributed by atoms with Crippen LogP contribution in [0.15, 0.2) is 36.0 Å². The van der Waals surface area contributed by atoms with Gasteiger partial charge in [0, 0.05) is 19.3 Å². The van der Waals surface area contributed by atoms with Crippen molar-refractivity contribution in [2.75, 3.05) is 31.2 Å². The Labute approximate surface area is 174 Å². The molecule has 2 aliphatic rings. The lowest BCUT2D eigenvalue weighted by Crippen LogP contribution is -2.55. The number of benzene rings is 1. The summed E-state index contributed by atoms with van der Waals surface area (Å²) in [5.41, 5.74) is 0.207. The molecule has 2 saturated heterocycles. The minimum atomic E-state index is -0.799. The predicted octanol–water partition coefficient (Wildman–Crippen LogP) is 1.83. The zero-order valence-electron chi connectivity index (χ0n) is 17.1. The van der Waals surface area contributed by atoms with Crippen molar-refractivity contribution in [2.45, 2.75) is 26.7 Å². The Hall–Kier alpha value is -3.36. The first-order valence-corrected chi connectivity index (χ1v) is 9.99. The Morgan fingerprint density at radius 3 is 2.37 bits per heavy atom. The number of amides is 4. The van der Waals surface area contributed by atoms with Gasteiger partial charge in [-0.05, 0) is 51.0 Å². The molecule has 2 aliphatic heterocycles. The van der Waals surface area contributed by atoms with Crippen LogP contribution in [-0.2, 0) is 19.1 Å². The number of carbonyl (C=O) groups is 4. The zero-order chi connectivity index (χ0) is 21.7. The first-order chi connectivity index (χ1) is 14.4. The summed E-state index contributed by atoms with van der Waals surface area (Å²) in [4.78, 5) is 52.1. The smallest absolute Gasteiger partial charge is 0.335 e. The van der Waals surface area contributed by atoms with Gasteiger partial charge in [-0.2, -0.15) is 0 Å². The van der Waals surface area contributed by atoms with Crippen LogP contribution in [0.5, 0.6) is 5.75 Å². The van der Waals surface area contributed by atoms with Gasteiger partial charge < -0.3 is 14.4 Å². The van der Waals surface area contributed by atoms with Crippen LogP contribution in [0.2, 0.25) is 0 Å². The number of esters is 1. The van der Waals surface area contributed by atoms with E-state index in [9.17, 15) is 19.2 Å². The first-order valence-electron chi connectivity index (χ1n) is 9.99. The SMILES string of the molecule is CCOC(=O)C1CCN(/C=C2/C(=O)NC(=O)N(c3ccc(OCC)cc3)C2=O)CC1. The van der Waals surface area contributed by atoms with Crippen molar-refractivity contribution in [1.82, 2.24) is 10.2 Å². The van der Waals surface area contributed by atoms with E-state index < -0.39 is 17.8 Å². The second-order valence-electron chi connectivity index (χ2n) is 6.93. The van der Waals surface area contributed by atoms with Crippen LogP contribution in [0, 0.1) is 5.92 Å². The number of nitrogens with one attached hydrogen (secondary N) is 1. The number of anilines is 1. The quantitative estimate of drug-likeness (QED) is 0.429. The van der Waals surface area contributed by atoms with Crippen LogP contribution in [0.25, 0.3) is 0 Å². The van der Waals surface area contributed by atoms with Crippen molar-refractivity contribution in [2.24, 2.45) is 5.92 Å². The van der Waals surface area contributed by atoms with Gasteiger partial charge in [0.25, 0.3) is 11.8 Å². The number of likely N-dealkylation sites (tertiary alicyclic amines) is 1. The number of imide groups is 2. The molecule has 0 saturated carbocycles. The number of hydrogen-bond acceptors (Lipinski definition) is 7. The number of barbiturate groups is 1. The molecular formula is C21H25N3O6. The summed E-state index contributed by atoms with van der Waals surface area (Å²) in [6, 6.07) is 5.67. The number of urea groups is 1. The molecule has 0 spiro atoms. The van der Waals surface area contributed by atoms with E-state index in [0.29, 0.717) is 50.6 Å². The largest absolute Gasteiger partial charge is 0.494 e. The average Bonchev–Trinajstić information content (AvgIpc) is 2.73. The summed E-state index contributed by atoms with van der Waals surface area (Å²) in [7, 11) is 0. The summed E-state index contributed by atoms with van der Waals surface area (Å²) in [6.45, 7) is 5.47. The maximum atomic E-state index is 12.9. The summed E-state index contributed by atoms with van der Waals surface area (Å²) in [5.74, 6) is -1.22. The average molecular weight is 415 g/mol. The minimum absolute atomic E-state index is 0.127. The molecule has 0 bridgehead atoms. The van der Waals surface area contributed by atoms with Gasteiger partial charge in [-0.1, -0.05) is 0 Å². The molecule has 1 N–H and O–H groups in total. The zero-order valence-corrected chi connectivity index (χ0v) is 17.1. The standard InChI is InChI=1S/C21H25N3O6/c1-3-29-16-7-5-15(6-8-16)24-19(26)17(18(25)22-21(24)28)13-23-11-9-14(10-12-23)20(27)30-4-2/h5-8,13-14H,3-4,9-12H2,1-2H3,(H,22,25,28)/b17-13-. The number of carbonyl (C=O) groups excluding carboxylic acids is 4. The molecule has 9 nitrogen and oxygen atoms in total. The highest BCUT2D eigenvalue weighted by Gasteiger charge is 2.37. The van der Waals surface area contributed by atoms with Crippen LogP contribution in [-0.4, -0.2) is 55.0 Å². The van der Waals surface area contributed by atoms with Gasteiger partial charge in [0.1, 0.15) is 11.3 Å². The van der Waals surface area contributed by atoms with Crippen LogP contribution in [0.1, 0.15) is 26.7 Å². The highest BCUT2D eigenvalue weighted by molar-refractivity contribution is 6.37. The van der Waals surface area contributed by atoms with Crippen LogP contribution >= 0.6 is 0 Å². The molecule has 9 heteroatoms. The number of piperidine rings is 1. The summed E-state index contributed by atoms with van der Waals surface area (Å²) in [6.07, 6.45) is 2.60. The predicted molar refractivity (Wildman–Crippen MR) is 108 cm³/mol. The molecule has 0 unspecified atom stereocenters. The van der Waals surface area contributed by atoms with Crippen molar-refractivity contribution in [1.29, 1.82) is 0 Å². The first kappa shape index (κ1) is 21.4. The fourth-order valence-electron chi connectivity index (χ4n) is 3.44. The fraction of sp³-hybridized carbons (Fsp3) is 0.429. The number of hydrogen-bond donors (Lipinski definition) is 1. The lowest BCUT2D eigenvalue weighted by Gasteiger charge is -2.32. The van der Waals surface area contributed by atoms with E-state index in [4.69, 9.17) is 9.47 Å². The Morgan fingerprint density at radius 1 is 1.10 bits per heavy atom. The van der Waals surface area contributed by atoms with Gasteiger partial charge in [-0.25, -0.2) is 9.69 Å². The van der Waals surface area contributed by atoms with Gasteiger partial charge >= 0.3 is 12.0 Å². The van der Waals surface area contributed by atoms with Crippen molar-refractivity contribution in [3.05, 3.63) is 36.0 Å². The highest BCUT2D eigenvalue weighted by Crippen LogP contribution is 2.25. The van der Waals surface area contributed by atoms with E-state index in [1.807, 2.05) is 11.8 Å². The van der Waals surface area contributed by atoms with E-state index in [-0.39, 0.29) is 17.5 Å². The van der Waals surface area contributed by atoms with Crippen LogP contribution < -0.4 is 15.0 Å². The molecule has 3 rings (SSSR count). The van der Waals surface area contributed by atoms with Crippen molar-refractivity contribution in [3.63, 3.8) is 0 Å². The molecule has 2 heterocycles. The van der Waals surface area contributed by atoms with E-state index in [2.05, 4.69) is 5.32 Å². The second kappa shape index (κ2) is 9.43. The third kappa shape index (κ3) is 4.61. The minimum Gasteiger partial charge on any atom is -0.494 e. The maximum absolute atomic E-state index is 12.9. The van der Waals surface area contributed by atoms with Crippen LogP contribution in [0.3, 0.4) is 0 Å². The van der Waals surface area contributed by atoms with Crippen LogP contribution in [0.4, 0.5) is 10.5 Å². The molecule has 0 radical (unpaired) electrons. The summed E-state index contributed by atoms with van der Waals surface area (Å²) in [5, 5.41) is 2.21. The van der Waals surface area contributed by atoms with E-state index in [0.717, 1.165) is 4.90 Å². The second-order valence-corrected chi connectivity index (χ2v) is 6.93. The molecule has 160 valence electrons. The number of rotatable bonds is 6. The third-order valence-corrected chi connectivity index (χ3v) is 4.97. The molecule has 1 aromatic carbocycles. The molecule has 1 aromatic rings. The Balaban J connectivity index is 1.73. The molecule has 30 heavy (non-hydrogen) atoms. The van der Waals surface area contributed by atoms with Crippen molar-refractivity contribution in [3.8, 4) is 5.75 Å². The molecule has 0 atom stereocenters. The number of ether oxygens (including phenoxy) is 2. The maximum Gasteiger partial charge on any atom is 0.335 e. The molecule has 4 amide bonds. The molecule has 0 aromatic heterocycles. The Morgan fingerprint density at radius 2 is 1.77 bits per heavy atom. The monoisotopic (exact) mass is 415 g/mol. The lowest BCUT2D eigenvalue weighted by atomic mass is 9.97. The van der Waals surface area contributed by atoms with Crippen molar-refractivity contribution >= 4 is 29.5 Å². The topological polar surface area (TPSA) is 105 Å². The third-order valence-electron chi connectivity index (χ3n) is 4.97. The summed E-state index contributed by atoms with van der Waals surface area (Å²) < 4.78 is 10.4. The molecule has 2 fully saturated rings. The normalized spacial score (nSPS) is 19.1. The molecule has 0 aliphatic carbocycles. The van der Waals surface area contributed by atoms with Gasteiger partial charge in [-0.15, -0.1) is 0 Å². The summed E-state index contributed by atoms with van der Waals surface area (Å²) >= 11 is 0. The van der Waals surface area contributed by atoms with Gasteiger partial charge in [0.2, 0.25) is 0 Å². The van der Waals surface area contributed by atoms with Gasteiger partial charge in [0.15, 0.2) is 0 Å². The Kier molecular flexibility index (Phi) is 6.71. The van der Waals surface area contributed by atoms with E-state index >= 15 is 0 Å². The Bertz CT molecular complexity index is 856. The van der Waals surface area contributed by atoms with Crippen molar-refractivity contribution < 1.29 is 28.7 Å². The fourth-order valence-corrected chi connectivity index (χ4v) is 3.44. The van der Waals surface area contributed by atoms with E-state index in [1.165, 1.54) is 6.20 Å². The highest BCUT2D eigenvalue weighted by atomic mass is 16.5. The lowest BCUT2D eigenvalue weighted by molar-refractivity contribution is -0.149. The molecular weight excluding hydrogens is 390 g/mol. The van der Waals surface area contributed by atoms with Gasteiger partial charge in [0.05, 0.1) is 24.8 Å². The van der Waals surface area contributed by atoms with Gasteiger partial charge in [-0.3, -0.25) is 19.7 Å².